The van der Waals surface area contributed by atoms with Gasteiger partial charge in [-0.15, -0.1) is 0 Å². The van der Waals surface area contributed by atoms with E-state index in [1.807, 2.05) is 0 Å². The molecular formula is C11H15IN2. The molecule has 1 heterocycles. The molecule has 0 bridgehead atoms. The molecule has 3 heteroatoms. The number of hydrogen-bond donors (Lipinski definition) is 2. The second-order valence-electron chi connectivity index (χ2n) is 3.69. The molecule has 2 N–H and O–H groups in total. The van der Waals surface area contributed by atoms with Gasteiger partial charge in [-0.2, -0.15) is 0 Å². The van der Waals surface area contributed by atoms with Crippen molar-refractivity contribution in [2.75, 3.05) is 19.6 Å². The number of benzene rings is 1. The van der Waals surface area contributed by atoms with Crippen molar-refractivity contribution in [3.63, 3.8) is 0 Å². The summed E-state index contributed by atoms with van der Waals surface area (Å²) in [7, 11) is 0. The van der Waals surface area contributed by atoms with E-state index in [0.29, 0.717) is 6.04 Å². The van der Waals surface area contributed by atoms with Crippen molar-refractivity contribution < 1.29 is 0 Å². The van der Waals surface area contributed by atoms with Gasteiger partial charge in [-0.1, -0.05) is 12.1 Å². The predicted octanol–water partition coefficient (Wildman–Crippen LogP) is 1.40. The van der Waals surface area contributed by atoms with Gasteiger partial charge in [0.25, 0.3) is 0 Å². The lowest BCUT2D eigenvalue weighted by atomic mass is 10.1. The predicted molar refractivity (Wildman–Crippen MR) is 67.5 cm³/mol. The van der Waals surface area contributed by atoms with Crippen molar-refractivity contribution in [1.29, 1.82) is 0 Å². The molecule has 1 fully saturated rings. The normalized spacial score (nSPS) is 22.2. The van der Waals surface area contributed by atoms with Crippen LogP contribution in [0, 0.1) is 3.57 Å². The highest BCUT2D eigenvalue weighted by Crippen LogP contribution is 2.09. The summed E-state index contributed by atoms with van der Waals surface area (Å²) < 4.78 is 1.31. The van der Waals surface area contributed by atoms with Gasteiger partial charge in [0.05, 0.1) is 0 Å². The molecule has 1 aliphatic rings. The van der Waals surface area contributed by atoms with Crippen molar-refractivity contribution in [3.8, 4) is 0 Å². The van der Waals surface area contributed by atoms with Gasteiger partial charge < -0.3 is 10.6 Å². The van der Waals surface area contributed by atoms with E-state index < -0.39 is 0 Å². The van der Waals surface area contributed by atoms with Crippen molar-refractivity contribution in [2.45, 2.75) is 12.5 Å². The Hall–Kier alpha value is -0.130. The maximum atomic E-state index is 3.52. The van der Waals surface area contributed by atoms with Crippen LogP contribution < -0.4 is 10.6 Å². The highest BCUT2D eigenvalue weighted by molar-refractivity contribution is 14.1. The quantitative estimate of drug-likeness (QED) is 0.807. The van der Waals surface area contributed by atoms with Gasteiger partial charge in [-0.3, -0.25) is 0 Å². The SMILES string of the molecule is Ic1ccc(C[C@H]2CNCCN2)cc1. The molecule has 1 atom stereocenters. The summed E-state index contributed by atoms with van der Waals surface area (Å²) in [5, 5.41) is 6.92. The third kappa shape index (κ3) is 2.93. The first-order valence-electron chi connectivity index (χ1n) is 5.03. The average Bonchev–Trinajstić information content (AvgIpc) is 2.23. The molecular weight excluding hydrogens is 287 g/mol. The molecule has 0 unspecified atom stereocenters. The second kappa shape index (κ2) is 5.09. The van der Waals surface area contributed by atoms with Crippen LogP contribution in [0.25, 0.3) is 0 Å². The molecule has 0 aromatic heterocycles. The molecule has 1 aromatic rings. The van der Waals surface area contributed by atoms with Crippen LogP contribution in [0.1, 0.15) is 5.56 Å². The van der Waals surface area contributed by atoms with E-state index in [2.05, 4.69) is 57.5 Å². The van der Waals surface area contributed by atoms with Gasteiger partial charge in [0.15, 0.2) is 0 Å². The van der Waals surface area contributed by atoms with E-state index in [1.165, 1.54) is 9.13 Å². The summed E-state index contributed by atoms with van der Waals surface area (Å²) in [6.07, 6.45) is 1.13. The van der Waals surface area contributed by atoms with Gasteiger partial charge >= 0.3 is 0 Å². The van der Waals surface area contributed by atoms with Crippen LogP contribution in [0.5, 0.6) is 0 Å². The van der Waals surface area contributed by atoms with E-state index in [-0.39, 0.29) is 0 Å². The summed E-state index contributed by atoms with van der Waals surface area (Å²) in [6, 6.07) is 9.39. The highest BCUT2D eigenvalue weighted by Gasteiger charge is 2.11. The Balaban J connectivity index is 1.92. The van der Waals surface area contributed by atoms with E-state index in [4.69, 9.17) is 0 Å². The summed E-state index contributed by atoms with van der Waals surface area (Å²) in [6.45, 7) is 3.28. The molecule has 76 valence electrons. The standard InChI is InChI=1S/C11H15IN2/c12-10-3-1-9(2-4-10)7-11-8-13-5-6-14-11/h1-4,11,13-14H,5-8H2/t11-/m0/s1. The van der Waals surface area contributed by atoms with Crippen LogP contribution in [0.15, 0.2) is 24.3 Å². The van der Waals surface area contributed by atoms with Gasteiger partial charge in [-0.25, -0.2) is 0 Å². The molecule has 14 heavy (non-hydrogen) atoms. The summed E-state index contributed by atoms with van der Waals surface area (Å²) in [5.41, 5.74) is 1.42. The Bertz CT molecular complexity index is 278. The number of hydrogen-bond acceptors (Lipinski definition) is 2. The third-order valence-electron chi connectivity index (χ3n) is 2.52. The lowest BCUT2D eigenvalue weighted by molar-refractivity contribution is 0.416. The Kier molecular flexibility index (Phi) is 3.78. The zero-order valence-corrected chi connectivity index (χ0v) is 10.3. The molecule has 1 saturated heterocycles. The molecule has 0 spiro atoms. The minimum absolute atomic E-state index is 0.601. The van der Waals surface area contributed by atoms with Crippen LogP contribution in [-0.4, -0.2) is 25.7 Å². The molecule has 2 rings (SSSR count). The Morgan fingerprint density at radius 3 is 2.64 bits per heavy atom. The first kappa shape index (κ1) is 10.4. The fraction of sp³-hybridized carbons (Fsp3) is 0.455. The summed E-state index contributed by atoms with van der Waals surface area (Å²) in [5.74, 6) is 0. The Morgan fingerprint density at radius 1 is 1.21 bits per heavy atom. The van der Waals surface area contributed by atoms with Crippen LogP contribution in [-0.2, 0) is 6.42 Å². The van der Waals surface area contributed by atoms with Gasteiger partial charge in [0.1, 0.15) is 0 Å². The van der Waals surface area contributed by atoms with E-state index in [9.17, 15) is 0 Å². The number of rotatable bonds is 2. The maximum Gasteiger partial charge on any atom is 0.0233 e. The van der Waals surface area contributed by atoms with Crippen molar-refractivity contribution in [2.24, 2.45) is 0 Å². The van der Waals surface area contributed by atoms with Gasteiger partial charge in [-0.05, 0) is 46.7 Å². The zero-order valence-electron chi connectivity index (χ0n) is 8.09. The van der Waals surface area contributed by atoms with Gasteiger partial charge in [0, 0.05) is 29.2 Å². The minimum atomic E-state index is 0.601. The fourth-order valence-electron chi connectivity index (χ4n) is 1.76. The van der Waals surface area contributed by atoms with E-state index in [1.54, 1.807) is 0 Å². The van der Waals surface area contributed by atoms with Crippen molar-refractivity contribution >= 4 is 22.6 Å². The molecule has 2 nitrogen and oxygen atoms in total. The number of halogens is 1. The minimum Gasteiger partial charge on any atom is -0.314 e. The van der Waals surface area contributed by atoms with Gasteiger partial charge in [0.2, 0.25) is 0 Å². The lowest BCUT2D eigenvalue weighted by Crippen LogP contribution is -2.49. The molecule has 0 radical (unpaired) electrons. The summed E-state index contributed by atoms with van der Waals surface area (Å²) >= 11 is 2.34. The lowest BCUT2D eigenvalue weighted by Gasteiger charge is -2.24. The first-order chi connectivity index (χ1) is 6.84. The Morgan fingerprint density at radius 2 is 2.00 bits per heavy atom. The topological polar surface area (TPSA) is 24.1 Å². The van der Waals surface area contributed by atoms with E-state index in [0.717, 1.165) is 26.1 Å². The van der Waals surface area contributed by atoms with Crippen molar-refractivity contribution in [1.82, 2.24) is 10.6 Å². The third-order valence-corrected chi connectivity index (χ3v) is 3.24. The molecule has 1 aliphatic heterocycles. The number of nitrogens with one attached hydrogen (secondary N) is 2. The average molecular weight is 302 g/mol. The highest BCUT2D eigenvalue weighted by atomic mass is 127. The van der Waals surface area contributed by atoms with Crippen LogP contribution in [0.4, 0.5) is 0 Å². The monoisotopic (exact) mass is 302 g/mol. The largest absolute Gasteiger partial charge is 0.314 e. The summed E-state index contributed by atoms with van der Waals surface area (Å²) in [4.78, 5) is 0. The Labute approximate surface area is 98.6 Å². The van der Waals surface area contributed by atoms with Crippen LogP contribution in [0.3, 0.4) is 0 Å². The zero-order chi connectivity index (χ0) is 9.80. The second-order valence-corrected chi connectivity index (χ2v) is 4.93. The van der Waals surface area contributed by atoms with E-state index >= 15 is 0 Å². The maximum absolute atomic E-state index is 3.52. The smallest absolute Gasteiger partial charge is 0.0233 e. The van der Waals surface area contributed by atoms with Crippen LogP contribution in [0.2, 0.25) is 0 Å². The molecule has 1 aromatic carbocycles. The fourth-order valence-corrected chi connectivity index (χ4v) is 2.12. The van der Waals surface area contributed by atoms with Crippen molar-refractivity contribution in [3.05, 3.63) is 33.4 Å². The molecule has 0 saturated carbocycles. The molecule has 0 aliphatic carbocycles. The molecule has 0 amide bonds. The number of piperazine rings is 1. The van der Waals surface area contributed by atoms with Crippen LogP contribution >= 0.6 is 22.6 Å². The first-order valence-corrected chi connectivity index (χ1v) is 6.11.